The largest absolute Gasteiger partial charge is 0.439 e. The molecule has 0 radical (unpaired) electrons. The summed E-state index contributed by atoms with van der Waals surface area (Å²) in [4.78, 5) is 50.4. The Kier molecular flexibility index (Phi) is 12.2. The highest BCUT2D eigenvalue weighted by atomic mass is 16.6. The molecular formula is C29H40N2O9. The van der Waals surface area contributed by atoms with Crippen LogP contribution in [0.3, 0.4) is 0 Å². The lowest BCUT2D eigenvalue weighted by molar-refractivity contribution is -0.120. The van der Waals surface area contributed by atoms with E-state index in [-0.39, 0.29) is 29.2 Å². The van der Waals surface area contributed by atoms with E-state index in [0.29, 0.717) is 5.57 Å². The summed E-state index contributed by atoms with van der Waals surface area (Å²) in [5.41, 5.74) is 6.06. The minimum atomic E-state index is -1.01. The average Bonchev–Trinajstić information content (AvgIpc) is 2.90. The molecule has 0 saturated carbocycles. The van der Waals surface area contributed by atoms with Gasteiger partial charge in [0.25, 0.3) is 5.91 Å². The first-order chi connectivity index (χ1) is 18.8. The number of carbonyl (C=O) groups is 4. The summed E-state index contributed by atoms with van der Waals surface area (Å²) in [6, 6.07) is 0. The molecule has 2 rings (SSSR count). The van der Waals surface area contributed by atoms with Gasteiger partial charge in [0.05, 0.1) is 24.0 Å². The van der Waals surface area contributed by atoms with Crippen LogP contribution in [-0.4, -0.2) is 80.5 Å². The van der Waals surface area contributed by atoms with Gasteiger partial charge in [-0.3, -0.25) is 14.4 Å². The van der Waals surface area contributed by atoms with Crippen LogP contribution in [-0.2, 0) is 33.3 Å². The molecule has 1 aliphatic heterocycles. The lowest BCUT2D eigenvalue weighted by atomic mass is 9.84. The molecular weight excluding hydrogens is 520 g/mol. The molecule has 1 unspecified atom stereocenters. The normalized spacial score (nSPS) is 34.4. The number of nitrogens with one attached hydrogen (secondary N) is 1. The molecule has 11 nitrogen and oxygen atoms in total. The number of ketones is 2. The number of fused-ring (bicyclic) bond motifs is 2. The molecule has 0 aromatic rings. The second-order valence-corrected chi connectivity index (χ2v) is 10.0. The monoisotopic (exact) mass is 560 g/mol. The maximum absolute atomic E-state index is 13.3. The summed E-state index contributed by atoms with van der Waals surface area (Å²) >= 11 is 0. The number of hydrogen-bond donors (Lipinski definition) is 3. The smallest absolute Gasteiger partial charge is 0.405 e. The summed E-state index contributed by atoms with van der Waals surface area (Å²) in [5, 5.41) is 13.7. The minimum absolute atomic E-state index is 0.0970. The topological polar surface area (TPSA) is 163 Å². The lowest BCUT2D eigenvalue weighted by Gasteiger charge is -2.32. The van der Waals surface area contributed by atoms with Crippen LogP contribution in [0.25, 0.3) is 0 Å². The fourth-order valence-electron chi connectivity index (χ4n) is 4.86. The first kappa shape index (κ1) is 32.8. The molecule has 0 fully saturated rings. The van der Waals surface area contributed by atoms with Gasteiger partial charge in [-0.2, -0.15) is 0 Å². The Hall–Kier alpha value is -3.38. The Bertz CT molecular complexity index is 1130. The molecule has 7 atom stereocenters. The molecule has 40 heavy (non-hydrogen) atoms. The van der Waals surface area contributed by atoms with Crippen molar-refractivity contribution in [1.29, 1.82) is 0 Å². The first-order valence-corrected chi connectivity index (χ1v) is 12.9. The van der Waals surface area contributed by atoms with Crippen LogP contribution in [0.1, 0.15) is 34.1 Å². The Morgan fingerprint density at radius 3 is 2.27 bits per heavy atom. The Balaban J connectivity index is 2.62. The highest BCUT2D eigenvalue weighted by Crippen LogP contribution is 2.29. The zero-order valence-electron chi connectivity index (χ0n) is 24.0. The van der Waals surface area contributed by atoms with Crippen molar-refractivity contribution in [2.75, 3.05) is 21.3 Å². The minimum Gasteiger partial charge on any atom is -0.439 e. The van der Waals surface area contributed by atoms with E-state index in [1.165, 1.54) is 46.5 Å². The highest BCUT2D eigenvalue weighted by Gasteiger charge is 2.35. The van der Waals surface area contributed by atoms with Crippen LogP contribution in [0.15, 0.2) is 58.9 Å². The number of hydrogen-bond acceptors (Lipinski definition) is 9. The van der Waals surface area contributed by atoms with E-state index in [9.17, 15) is 24.3 Å². The van der Waals surface area contributed by atoms with E-state index in [1.54, 1.807) is 26.0 Å². The number of methoxy groups -OCH3 is 3. The number of aliphatic hydroxyl groups is 1. The molecule has 0 aromatic heterocycles. The molecule has 2 amide bonds. The van der Waals surface area contributed by atoms with Crippen molar-refractivity contribution in [3.05, 3.63) is 58.9 Å². The standard InChI is InChI=1S/C29H40N2O9/c1-15-9-8-10-22(37-5)27(40-29(30)36)17(3)11-16(2)24(33)23(38-6)12-18(4)26(39-7)20-13-19(32)14-21(25(20)34)31-28(15)35/h8-11,13-14,16,18,22-24,26-27,33H,12H2,1-7H3,(H2,30,36)(H,31,35)/b10-8-,15-9+,17-11+/t16-,18-,22-,23-,24?,26+,27-/m0/s1. The average molecular weight is 561 g/mol. The fourth-order valence-corrected chi connectivity index (χ4v) is 4.86. The molecule has 0 saturated heterocycles. The predicted molar refractivity (Wildman–Crippen MR) is 147 cm³/mol. The molecule has 0 aromatic carbocycles. The van der Waals surface area contributed by atoms with Crippen LogP contribution in [0.5, 0.6) is 0 Å². The Labute approximate surface area is 234 Å². The summed E-state index contributed by atoms with van der Waals surface area (Å²) in [5.74, 6) is -2.44. The van der Waals surface area contributed by atoms with Gasteiger partial charge in [0.1, 0.15) is 6.10 Å². The van der Waals surface area contributed by atoms with E-state index < -0.39 is 60.0 Å². The van der Waals surface area contributed by atoms with Crippen LogP contribution in [0, 0.1) is 11.8 Å². The van der Waals surface area contributed by atoms with Crippen LogP contribution >= 0.6 is 0 Å². The van der Waals surface area contributed by atoms with Crippen LogP contribution in [0.2, 0.25) is 0 Å². The molecule has 0 spiro atoms. The van der Waals surface area contributed by atoms with Crippen LogP contribution < -0.4 is 11.1 Å². The van der Waals surface area contributed by atoms with E-state index in [4.69, 9.17) is 24.7 Å². The number of allylic oxidation sites excluding steroid dienone is 5. The van der Waals surface area contributed by atoms with Crippen molar-refractivity contribution < 1.29 is 43.2 Å². The summed E-state index contributed by atoms with van der Waals surface area (Å²) in [7, 11) is 4.31. The van der Waals surface area contributed by atoms with Gasteiger partial charge in [-0.15, -0.1) is 0 Å². The highest BCUT2D eigenvalue weighted by molar-refractivity contribution is 6.22. The number of amides is 2. The van der Waals surface area contributed by atoms with Crippen molar-refractivity contribution in [3.8, 4) is 0 Å². The molecule has 1 aliphatic carbocycles. The van der Waals surface area contributed by atoms with Crippen LogP contribution in [0.4, 0.5) is 4.79 Å². The number of rotatable bonds is 4. The summed E-state index contributed by atoms with van der Waals surface area (Å²) < 4.78 is 22.1. The van der Waals surface area contributed by atoms with Gasteiger partial charge in [-0.25, -0.2) is 4.79 Å². The van der Waals surface area contributed by atoms with Gasteiger partial charge in [0.15, 0.2) is 11.9 Å². The summed E-state index contributed by atoms with van der Waals surface area (Å²) in [6.45, 7) is 6.86. The number of Topliss-reactive ketones (excluding diaryl/α,β-unsaturated/α-hetero) is 1. The van der Waals surface area contributed by atoms with Crippen molar-refractivity contribution in [1.82, 2.24) is 5.32 Å². The second-order valence-electron chi connectivity index (χ2n) is 10.0. The van der Waals surface area contributed by atoms with Crippen molar-refractivity contribution in [2.24, 2.45) is 17.6 Å². The molecule has 2 bridgehead atoms. The number of primary amides is 1. The number of nitrogens with two attached hydrogens (primary N) is 1. The molecule has 2 aliphatic rings. The van der Waals surface area contributed by atoms with Gasteiger partial charge >= 0.3 is 6.09 Å². The molecule has 1 heterocycles. The molecule has 4 N–H and O–H groups in total. The number of aliphatic hydroxyl groups excluding tert-OH is 1. The van der Waals surface area contributed by atoms with Gasteiger partial charge in [0.2, 0.25) is 5.78 Å². The van der Waals surface area contributed by atoms with Crippen molar-refractivity contribution in [2.45, 2.75) is 64.6 Å². The first-order valence-electron chi connectivity index (χ1n) is 12.9. The Morgan fingerprint density at radius 2 is 1.70 bits per heavy atom. The second kappa shape index (κ2) is 14.8. The van der Waals surface area contributed by atoms with Crippen molar-refractivity contribution >= 4 is 23.6 Å². The number of carbonyl (C=O) groups excluding carboxylic acids is 4. The van der Waals surface area contributed by atoms with Gasteiger partial charge in [-0.1, -0.05) is 38.2 Å². The summed E-state index contributed by atoms with van der Waals surface area (Å²) in [6.07, 6.45) is 3.68. The van der Waals surface area contributed by atoms with E-state index in [2.05, 4.69) is 5.32 Å². The SMILES string of the molecule is CO[C@H]1C[C@H](C)[C@@H](OC)C2=CC(=O)C=C(NC(=O)/C(C)=C/C=C\[C@H](OC)[C@@H](OC(N)=O)/C(C)=C/[C@H](C)C1O)C2=O. The van der Waals surface area contributed by atoms with E-state index >= 15 is 0 Å². The zero-order valence-corrected chi connectivity index (χ0v) is 24.0. The Morgan fingerprint density at radius 1 is 1.02 bits per heavy atom. The van der Waals surface area contributed by atoms with E-state index in [0.717, 1.165) is 6.08 Å². The maximum atomic E-state index is 13.3. The fraction of sp³-hybridized carbons (Fsp3) is 0.517. The number of ether oxygens (including phenoxy) is 4. The third-order valence-corrected chi connectivity index (χ3v) is 7.04. The molecule has 220 valence electrons. The van der Waals surface area contributed by atoms with E-state index in [1.807, 2.05) is 6.92 Å². The van der Waals surface area contributed by atoms with Crippen molar-refractivity contribution in [3.63, 3.8) is 0 Å². The maximum Gasteiger partial charge on any atom is 0.405 e. The quantitative estimate of drug-likeness (QED) is 0.345. The lowest BCUT2D eigenvalue weighted by Crippen LogP contribution is -2.40. The zero-order chi connectivity index (χ0) is 30.1. The van der Waals surface area contributed by atoms with Gasteiger partial charge < -0.3 is 35.1 Å². The van der Waals surface area contributed by atoms with Gasteiger partial charge in [-0.05, 0) is 37.8 Å². The van der Waals surface area contributed by atoms with Gasteiger partial charge in [0, 0.05) is 44.5 Å². The predicted octanol–water partition coefficient (Wildman–Crippen LogP) is 2.06. The third-order valence-electron chi connectivity index (χ3n) is 7.04. The molecule has 11 heteroatoms. The third kappa shape index (κ3) is 8.31.